The zero-order valence-corrected chi connectivity index (χ0v) is 21.9. The minimum absolute atomic E-state index is 0.178. The molecular weight excluding hydrogens is 508 g/mol. The van der Waals surface area contributed by atoms with Gasteiger partial charge in [-0.15, -0.1) is 0 Å². The fraction of sp³-hybridized carbons (Fsp3) is 0.444. The number of nitrogen functional groups attached to an aromatic ring is 1. The number of piperazine rings is 1. The highest BCUT2D eigenvalue weighted by Crippen LogP contribution is 2.39. The summed E-state index contributed by atoms with van der Waals surface area (Å²) in [7, 11) is 2.09. The van der Waals surface area contributed by atoms with Gasteiger partial charge in [-0.3, -0.25) is 0 Å². The van der Waals surface area contributed by atoms with Crippen LogP contribution >= 0.6 is 11.3 Å². The van der Waals surface area contributed by atoms with Gasteiger partial charge in [0.05, 0.1) is 10.2 Å². The van der Waals surface area contributed by atoms with E-state index in [1.165, 1.54) is 6.07 Å². The average Bonchev–Trinajstić information content (AvgIpc) is 3.61. The number of benzene rings is 2. The number of halogens is 2. The SMILES string of the molecule is CN1CCC[C@H]1COc1nc(N2CC3CCC(C2)N3)c2ccc(-c3ccc(F)c4sc(N)nc34)c(F)c2n1. The van der Waals surface area contributed by atoms with Crippen molar-refractivity contribution in [1.29, 1.82) is 0 Å². The molecule has 5 heterocycles. The molecule has 2 aromatic heterocycles. The number of thiazole rings is 1. The molecule has 0 spiro atoms. The van der Waals surface area contributed by atoms with E-state index in [0.717, 1.165) is 56.7 Å². The molecule has 3 atom stereocenters. The highest BCUT2D eigenvalue weighted by atomic mass is 32.1. The lowest BCUT2D eigenvalue weighted by Crippen LogP contribution is -2.51. The van der Waals surface area contributed by atoms with Gasteiger partial charge < -0.3 is 25.6 Å². The zero-order valence-electron chi connectivity index (χ0n) is 21.1. The normalized spacial score (nSPS) is 23.7. The number of nitrogens with one attached hydrogen (secondary N) is 1. The van der Waals surface area contributed by atoms with Crippen LogP contribution in [0.4, 0.5) is 19.7 Å². The standard InChI is InChI=1S/C27H29F2N7OS/c1-35-10-2-3-16(35)13-37-27-33-22-19(25(34-27)36-11-14-4-5-15(12-36)31-14)7-6-17(21(22)29)18-8-9-20(28)24-23(18)32-26(30)38-24/h6-9,14-16,31H,2-5,10-13H2,1H3,(H2,30,32)/t14?,15?,16-/m0/s1. The van der Waals surface area contributed by atoms with Crippen LogP contribution < -0.4 is 20.7 Å². The van der Waals surface area contributed by atoms with Crippen LogP contribution in [0.25, 0.3) is 32.2 Å². The third kappa shape index (κ3) is 4.04. The molecule has 0 radical (unpaired) electrons. The molecule has 11 heteroatoms. The molecule has 4 aromatic rings. The van der Waals surface area contributed by atoms with Gasteiger partial charge in [-0.1, -0.05) is 17.4 Å². The molecule has 3 aliphatic heterocycles. The van der Waals surface area contributed by atoms with Crippen molar-refractivity contribution in [2.24, 2.45) is 0 Å². The first-order valence-corrected chi connectivity index (χ1v) is 14.0. The van der Waals surface area contributed by atoms with Gasteiger partial charge in [-0.05, 0) is 57.5 Å². The molecule has 0 aliphatic carbocycles. The number of anilines is 2. The van der Waals surface area contributed by atoms with Crippen molar-refractivity contribution in [3.05, 3.63) is 35.9 Å². The van der Waals surface area contributed by atoms with Gasteiger partial charge in [0.2, 0.25) is 0 Å². The third-order valence-corrected chi connectivity index (χ3v) is 9.05. The first-order valence-electron chi connectivity index (χ1n) is 13.1. The Labute approximate surface area is 222 Å². The Morgan fingerprint density at radius 1 is 1.03 bits per heavy atom. The number of likely N-dealkylation sites (tertiary alicyclic amines) is 1. The summed E-state index contributed by atoms with van der Waals surface area (Å²) in [6, 6.07) is 7.68. The lowest BCUT2D eigenvalue weighted by Gasteiger charge is -2.34. The molecule has 2 unspecified atom stereocenters. The molecule has 2 bridgehead atoms. The summed E-state index contributed by atoms with van der Waals surface area (Å²) >= 11 is 1.05. The van der Waals surface area contributed by atoms with Crippen molar-refractivity contribution in [2.75, 3.05) is 43.9 Å². The van der Waals surface area contributed by atoms with E-state index >= 15 is 4.39 Å². The van der Waals surface area contributed by atoms with E-state index in [-0.39, 0.29) is 22.7 Å². The number of rotatable bonds is 5. The quantitative estimate of drug-likeness (QED) is 0.392. The van der Waals surface area contributed by atoms with E-state index in [9.17, 15) is 4.39 Å². The summed E-state index contributed by atoms with van der Waals surface area (Å²) in [4.78, 5) is 18.2. The molecule has 2 aromatic carbocycles. The van der Waals surface area contributed by atoms with Crippen LogP contribution in [0.3, 0.4) is 0 Å². The minimum Gasteiger partial charge on any atom is -0.462 e. The predicted octanol–water partition coefficient (Wildman–Crippen LogP) is 4.18. The Bertz CT molecular complexity index is 1530. The Kier molecular flexibility index (Phi) is 5.82. The van der Waals surface area contributed by atoms with Gasteiger partial charge in [0.1, 0.15) is 23.8 Å². The number of nitrogens with two attached hydrogens (primary N) is 1. The molecule has 0 saturated carbocycles. The molecule has 38 heavy (non-hydrogen) atoms. The molecule has 3 N–H and O–H groups in total. The van der Waals surface area contributed by atoms with E-state index < -0.39 is 11.6 Å². The second-order valence-corrected chi connectivity index (χ2v) is 11.6. The Morgan fingerprint density at radius 2 is 1.82 bits per heavy atom. The topological polar surface area (TPSA) is 92.4 Å². The summed E-state index contributed by atoms with van der Waals surface area (Å²) in [5.41, 5.74) is 7.18. The van der Waals surface area contributed by atoms with E-state index in [0.29, 0.717) is 51.2 Å². The highest BCUT2D eigenvalue weighted by molar-refractivity contribution is 7.22. The smallest absolute Gasteiger partial charge is 0.319 e. The lowest BCUT2D eigenvalue weighted by atomic mass is 10.0. The van der Waals surface area contributed by atoms with Gasteiger partial charge in [-0.2, -0.15) is 9.97 Å². The van der Waals surface area contributed by atoms with Crippen molar-refractivity contribution in [2.45, 2.75) is 43.8 Å². The molecular formula is C27H29F2N7OS. The summed E-state index contributed by atoms with van der Waals surface area (Å²) in [6.07, 6.45) is 4.42. The molecule has 7 rings (SSSR count). The molecule has 8 nitrogen and oxygen atoms in total. The summed E-state index contributed by atoms with van der Waals surface area (Å²) < 4.78 is 37.2. The third-order valence-electron chi connectivity index (χ3n) is 8.16. The monoisotopic (exact) mass is 537 g/mol. The number of hydrogen-bond donors (Lipinski definition) is 2. The van der Waals surface area contributed by atoms with Crippen LogP contribution in [0, 0.1) is 11.6 Å². The van der Waals surface area contributed by atoms with Gasteiger partial charge in [0, 0.05) is 47.7 Å². The van der Waals surface area contributed by atoms with Crippen molar-refractivity contribution >= 4 is 43.4 Å². The molecule has 3 saturated heterocycles. The predicted molar refractivity (Wildman–Crippen MR) is 146 cm³/mol. The first-order chi connectivity index (χ1) is 18.4. The maximum Gasteiger partial charge on any atom is 0.319 e. The highest BCUT2D eigenvalue weighted by Gasteiger charge is 2.34. The van der Waals surface area contributed by atoms with Crippen LogP contribution in [0.5, 0.6) is 6.01 Å². The van der Waals surface area contributed by atoms with Gasteiger partial charge in [0.15, 0.2) is 10.9 Å². The number of hydrogen-bond acceptors (Lipinski definition) is 9. The summed E-state index contributed by atoms with van der Waals surface area (Å²) in [5.74, 6) is -0.244. The fourth-order valence-electron chi connectivity index (χ4n) is 6.18. The number of aromatic nitrogens is 3. The lowest BCUT2D eigenvalue weighted by molar-refractivity contribution is 0.188. The first kappa shape index (κ1) is 23.9. The van der Waals surface area contributed by atoms with E-state index in [1.54, 1.807) is 12.1 Å². The number of ether oxygens (including phenoxy) is 1. The minimum atomic E-state index is -0.508. The van der Waals surface area contributed by atoms with Crippen LogP contribution in [0.2, 0.25) is 0 Å². The van der Waals surface area contributed by atoms with Crippen molar-refractivity contribution in [3.8, 4) is 17.1 Å². The van der Waals surface area contributed by atoms with Crippen LogP contribution in [0.1, 0.15) is 25.7 Å². The maximum atomic E-state index is 16.4. The van der Waals surface area contributed by atoms with Crippen LogP contribution in [0.15, 0.2) is 24.3 Å². The zero-order chi connectivity index (χ0) is 26.0. The van der Waals surface area contributed by atoms with E-state index in [2.05, 4.69) is 32.1 Å². The van der Waals surface area contributed by atoms with Gasteiger partial charge >= 0.3 is 6.01 Å². The number of fused-ring (bicyclic) bond motifs is 4. The van der Waals surface area contributed by atoms with Crippen LogP contribution in [-0.4, -0.2) is 71.3 Å². The molecule has 3 aliphatic rings. The van der Waals surface area contributed by atoms with E-state index in [1.807, 2.05) is 6.07 Å². The molecule has 0 amide bonds. The summed E-state index contributed by atoms with van der Waals surface area (Å²) in [5, 5.41) is 4.51. The average molecular weight is 538 g/mol. The Balaban J connectivity index is 1.35. The van der Waals surface area contributed by atoms with Gasteiger partial charge in [0.25, 0.3) is 0 Å². The second kappa shape index (κ2) is 9.25. The van der Waals surface area contributed by atoms with Crippen LogP contribution in [-0.2, 0) is 0 Å². The molecule has 198 valence electrons. The number of nitrogens with zero attached hydrogens (tertiary/aromatic N) is 5. The Morgan fingerprint density at radius 3 is 2.58 bits per heavy atom. The number of likely N-dealkylation sites (N-methyl/N-ethyl adjacent to an activating group) is 1. The van der Waals surface area contributed by atoms with E-state index in [4.69, 9.17) is 15.5 Å². The van der Waals surface area contributed by atoms with Crippen molar-refractivity contribution in [3.63, 3.8) is 0 Å². The Hall–Kier alpha value is -3.15. The van der Waals surface area contributed by atoms with Gasteiger partial charge in [-0.25, -0.2) is 13.8 Å². The molecule has 3 fully saturated rings. The van der Waals surface area contributed by atoms with Crippen molar-refractivity contribution in [1.82, 2.24) is 25.2 Å². The van der Waals surface area contributed by atoms with Crippen molar-refractivity contribution < 1.29 is 13.5 Å². The fourth-order valence-corrected chi connectivity index (χ4v) is 6.94. The maximum absolute atomic E-state index is 16.4. The largest absolute Gasteiger partial charge is 0.462 e. The second-order valence-electron chi connectivity index (χ2n) is 10.6. The summed E-state index contributed by atoms with van der Waals surface area (Å²) in [6.45, 7) is 3.08.